The molecule has 1 fully saturated rings. The summed E-state index contributed by atoms with van der Waals surface area (Å²) in [6, 6.07) is 3.36. The monoisotopic (exact) mass is 221 g/mol. The quantitative estimate of drug-likeness (QED) is 0.712. The van der Waals surface area contributed by atoms with Crippen LogP contribution in [0.1, 0.15) is 17.4 Å². The molecule has 1 atom stereocenters. The Labute approximate surface area is 94.1 Å². The Kier molecular flexibility index (Phi) is 3.05. The third-order valence-electron chi connectivity index (χ3n) is 2.64. The lowest BCUT2D eigenvalue weighted by Crippen LogP contribution is -2.51. The molecule has 1 aliphatic heterocycles. The molecule has 1 amide bonds. The molecular formula is C11H15N3O2. The van der Waals surface area contributed by atoms with Crippen molar-refractivity contribution in [2.75, 3.05) is 19.6 Å². The first-order chi connectivity index (χ1) is 7.68. The number of hydrogen-bond donors (Lipinski definition) is 2. The molecule has 0 aromatic carbocycles. The maximum absolute atomic E-state index is 12.0. The number of amides is 1. The van der Waals surface area contributed by atoms with E-state index in [2.05, 4.69) is 10.3 Å². The molecule has 1 saturated heterocycles. The predicted octanol–water partition coefficient (Wildman–Crippen LogP) is 0.221. The Morgan fingerprint density at radius 3 is 3.19 bits per heavy atom. The molecule has 1 aromatic rings. The molecule has 5 nitrogen and oxygen atoms in total. The second-order valence-corrected chi connectivity index (χ2v) is 3.98. The average Bonchev–Trinajstić information content (AvgIpc) is 2.29. The van der Waals surface area contributed by atoms with Gasteiger partial charge in [0.2, 0.25) is 0 Å². The first-order valence-electron chi connectivity index (χ1n) is 5.35. The number of rotatable bonds is 1. The molecule has 1 aromatic heterocycles. The maximum atomic E-state index is 12.0. The van der Waals surface area contributed by atoms with Gasteiger partial charge in [0.05, 0.1) is 0 Å². The summed E-state index contributed by atoms with van der Waals surface area (Å²) in [6.07, 6.45) is 1.51. The van der Waals surface area contributed by atoms with E-state index in [1.165, 1.54) is 12.3 Å². The third kappa shape index (κ3) is 2.14. The van der Waals surface area contributed by atoms with Gasteiger partial charge < -0.3 is 15.3 Å². The number of aromatic nitrogens is 1. The first-order valence-corrected chi connectivity index (χ1v) is 5.35. The first kappa shape index (κ1) is 10.9. The summed E-state index contributed by atoms with van der Waals surface area (Å²) in [6.45, 7) is 4.10. The molecule has 16 heavy (non-hydrogen) atoms. The van der Waals surface area contributed by atoms with Crippen molar-refractivity contribution in [1.82, 2.24) is 15.2 Å². The fourth-order valence-electron chi connectivity index (χ4n) is 1.83. The summed E-state index contributed by atoms with van der Waals surface area (Å²) in [5, 5.41) is 12.8. The van der Waals surface area contributed by atoms with Gasteiger partial charge in [-0.1, -0.05) is 0 Å². The summed E-state index contributed by atoms with van der Waals surface area (Å²) < 4.78 is 0. The fraction of sp³-hybridized carbons (Fsp3) is 0.455. The maximum Gasteiger partial charge on any atom is 0.276 e. The smallest absolute Gasteiger partial charge is 0.276 e. The van der Waals surface area contributed by atoms with E-state index in [1.807, 2.05) is 6.92 Å². The van der Waals surface area contributed by atoms with Crippen molar-refractivity contribution in [3.8, 4) is 5.75 Å². The van der Waals surface area contributed by atoms with Gasteiger partial charge in [0.15, 0.2) is 5.69 Å². The standard InChI is InChI=1S/C11H15N3O2/c1-8-7-14(6-5-12-8)11(16)10-9(15)3-2-4-13-10/h2-4,8,12,15H,5-7H2,1H3/t8-/m1/s1. The zero-order chi connectivity index (χ0) is 11.5. The minimum atomic E-state index is -0.202. The van der Waals surface area contributed by atoms with Crippen LogP contribution in [0.5, 0.6) is 5.75 Å². The van der Waals surface area contributed by atoms with Gasteiger partial charge in [-0.3, -0.25) is 4.79 Å². The predicted molar refractivity (Wildman–Crippen MR) is 59.3 cm³/mol. The van der Waals surface area contributed by atoms with Crippen LogP contribution < -0.4 is 5.32 Å². The number of carbonyl (C=O) groups is 1. The SMILES string of the molecule is C[C@@H]1CN(C(=O)c2ncccc2O)CCN1. The lowest BCUT2D eigenvalue weighted by Gasteiger charge is -2.31. The molecule has 5 heteroatoms. The molecule has 0 aliphatic carbocycles. The number of pyridine rings is 1. The van der Waals surface area contributed by atoms with Crippen molar-refractivity contribution < 1.29 is 9.90 Å². The van der Waals surface area contributed by atoms with Gasteiger partial charge in [-0.2, -0.15) is 0 Å². The minimum Gasteiger partial charge on any atom is -0.505 e. The molecule has 0 unspecified atom stereocenters. The van der Waals surface area contributed by atoms with Crippen molar-refractivity contribution in [2.45, 2.75) is 13.0 Å². The highest BCUT2D eigenvalue weighted by atomic mass is 16.3. The van der Waals surface area contributed by atoms with E-state index < -0.39 is 0 Å². The number of carbonyl (C=O) groups excluding carboxylic acids is 1. The molecular weight excluding hydrogens is 206 g/mol. The second kappa shape index (κ2) is 4.49. The zero-order valence-corrected chi connectivity index (χ0v) is 9.18. The topological polar surface area (TPSA) is 65.5 Å². The Hall–Kier alpha value is -1.62. The van der Waals surface area contributed by atoms with Crippen LogP contribution in [0.25, 0.3) is 0 Å². The molecule has 2 heterocycles. The van der Waals surface area contributed by atoms with Crippen molar-refractivity contribution in [3.63, 3.8) is 0 Å². The van der Waals surface area contributed by atoms with Crippen LogP contribution in [-0.2, 0) is 0 Å². The third-order valence-corrected chi connectivity index (χ3v) is 2.64. The minimum absolute atomic E-state index is 0.0568. The number of nitrogens with zero attached hydrogens (tertiary/aromatic N) is 2. The van der Waals surface area contributed by atoms with E-state index in [0.717, 1.165) is 6.54 Å². The van der Waals surface area contributed by atoms with Crippen molar-refractivity contribution in [3.05, 3.63) is 24.0 Å². The van der Waals surface area contributed by atoms with Crippen LogP contribution in [0.2, 0.25) is 0 Å². The lowest BCUT2D eigenvalue weighted by molar-refractivity contribution is 0.0700. The van der Waals surface area contributed by atoms with Gasteiger partial charge in [-0.15, -0.1) is 0 Å². The Balaban J connectivity index is 2.16. The van der Waals surface area contributed by atoms with E-state index in [0.29, 0.717) is 13.1 Å². The summed E-state index contributed by atoms with van der Waals surface area (Å²) in [7, 11) is 0. The van der Waals surface area contributed by atoms with E-state index in [-0.39, 0.29) is 23.4 Å². The largest absolute Gasteiger partial charge is 0.505 e. The van der Waals surface area contributed by atoms with E-state index >= 15 is 0 Å². The van der Waals surface area contributed by atoms with Gasteiger partial charge in [0.25, 0.3) is 5.91 Å². The van der Waals surface area contributed by atoms with Crippen molar-refractivity contribution in [2.24, 2.45) is 0 Å². The van der Waals surface area contributed by atoms with Crippen LogP contribution in [0.3, 0.4) is 0 Å². The normalized spacial score (nSPS) is 20.8. The van der Waals surface area contributed by atoms with Gasteiger partial charge in [0.1, 0.15) is 5.75 Å². The summed E-state index contributed by atoms with van der Waals surface area (Å²) in [4.78, 5) is 17.7. The number of aromatic hydroxyl groups is 1. The highest BCUT2D eigenvalue weighted by molar-refractivity contribution is 5.94. The van der Waals surface area contributed by atoms with Crippen molar-refractivity contribution >= 4 is 5.91 Å². The Morgan fingerprint density at radius 1 is 1.69 bits per heavy atom. The highest BCUT2D eigenvalue weighted by Gasteiger charge is 2.24. The molecule has 0 spiro atoms. The van der Waals surface area contributed by atoms with Gasteiger partial charge >= 0.3 is 0 Å². The van der Waals surface area contributed by atoms with Gasteiger partial charge in [-0.05, 0) is 19.1 Å². The number of nitrogens with one attached hydrogen (secondary N) is 1. The lowest BCUT2D eigenvalue weighted by atomic mass is 10.2. The van der Waals surface area contributed by atoms with Crippen LogP contribution >= 0.6 is 0 Å². The van der Waals surface area contributed by atoms with E-state index in [4.69, 9.17) is 0 Å². The highest BCUT2D eigenvalue weighted by Crippen LogP contribution is 2.15. The van der Waals surface area contributed by atoms with Crippen molar-refractivity contribution in [1.29, 1.82) is 0 Å². The van der Waals surface area contributed by atoms with Crippen LogP contribution in [-0.4, -0.2) is 46.6 Å². The Bertz CT molecular complexity index is 395. The zero-order valence-electron chi connectivity index (χ0n) is 9.18. The Morgan fingerprint density at radius 2 is 2.50 bits per heavy atom. The summed E-state index contributed by atoms with van der Waals surface area (Å²) >= 11 is 0. The molecule has 2 rings (SSSR count). The molecule has 2 N–H and O–H groups in total. The molecule has 86 valence electrons. The molecule has 1 aliphatic rings. The summed E-state index contributed by atoms with van der Waals surface area (Å²) in [5.74, 6) is -0.259. The van der Waals surface area contributed by atoms with E-state index in [1.54, 1.807) is 11.0 Å². The number of hydrogen-bond acceptors (Lipinski definition) is 4. The average molecular weight is 221 g/mol. The number of piperazine rings is 1. The second-order valence-electron chi connectivity index (χ2n) is 3.98. The summed E-state index contributed by atoms with van der Waals surface area (Å²) in [5.41, 5.74) is 0.136. The molecule has 0 radical (unpaired) electrons. The van der Waals surface area contributed by atoms with Gasteiger partial charge in [-0.25, -0.2) is 4.98 Å². The fourth-order valence-corrected chi connectivity index (χ4v) is 1.83. The van der Waals surface area contributed by atoms with Crippen LogP contribution in [0.4, 0.5) is 0 Å². The van der Waals surface area contributed by atoms with Crippen LogP contribution in [0.15, 0.2) is 18.3 Å². The van der Waals surface area contributed by atoms with E-state index in [9.17, 15) is 9.90 Å². The molecule has 0 saturated carbocycles. The molecule has 0 bridgehead atoms. The van der Waals surface area contributed by atoms with Gasteiger partial charge in [0, 0.05) is 31.9 Å². The van der Waals surface area contributed by atoms with Crippen LogP contribution in [0, 0.1) is 0 Å².